The fourth-order valence-corrected chi connectivity index (χ4v) is 2.79. The van der Waals surface area contributed by atoms with E-state index in [9.17, 15) is 14.4 Å². The Morgan fingerprint density at radius 3 is 2.47 bits per heavy atom. The van der Waals surface area contributed by atoms with Crippen LogP contribution in [0.5, 0.6) is 0 Å². The molecule has 2 rings (SSSR count). The van der Waals surface area contributed by atoms with Gasteiger partial charge in [0.15, 0.2) is 0 Å². The molecule has 0 spiro atoms. The lowest BCUT2D eigenvalue weighted by molar-refractivity contribution is -0.149. The molecule has 0 saturated heterocycles. The fraction of sp³-hybridized carbons (Fsp3) is 0.750. The van der Waals surface area contributed by atoms with Gasteiger partial charge < -0.3 is 0 Å². The van der Waals surface area contributed by atoms with Gasteiger partial charge in [-0.05, 0) is 12.8 Å². The topological polar surface area (TPSA) is 51.2 Å². The van der Waals surface area contributed by atoms with Crippen molar-refractivity contribution in [1.29, 1.82) is 0 Å². The van der Waals surface area contributed by atoms with Crippen molar-refractivity contribution < 1.29 is 14.4 Å². The van der Waals surface area contributed by atoms with Crippen molar-refractivity contribution in [2.45, 2.75) is 39.5 Å². The van der Waals surface area contributed by atoms with Gasteiger partial charge in [-0.25, -0.2) is 0 Å². The summed E-state index contributed by atoms with van der Waals surface area (Å²) in [5.41, 5.74) is -0.348. The summed E-state index contributed by atoms with van der Waals surface area (Å²) in [5, 5.41) is 0. The van der Waals surface area contributed by atoms with Crippen molar-refractivity contribution in [3.63, 3.8) is 0 Å². The van der Waals surface area contributed by atoms with E-state index in [1.165, 1.54) is 0 Å². The summed E-state index contributed by atoms with van der Waals surface area (Å²) in [7, 11) is 0. The Morgan fingerprint density at radius 2 is 1.80 bits per heavy atom. The van der Waals surface area contributed by atoms with Gasteiger partial charge in [-0.3, -0.25) is 14.4 Å². The van der Waals surface area contributed by atoms with Crippen LogP contribution < -0.4 is 0 Å². The maximum Gasteiger partial charge on any atom is 0.144 e. The van der Waals surface area contributed by atoms with E-state index in [-0.39, 0.29) is 41.0 Å². The molecule has 0 N–H and O–H groups in total. The van der Waals surface area contributed by atoms with Gasteiger partial charge in [0.05, 0.1) is 6.42 Å². The molecule has 0 amide bonds. The minimum absolute atomic E-state index is 0.0138. The van der Waals surface area contributed by atoms with E-state index < -0.39 is 0 Å². The lowest BCUT2D eigenvalue weighted by Gasteiger charge is -2.40. The minimum atomic E-state index is -0.348. The molecule has 2 aliphatic rings. The van der Waals surface area contributed by atoms with Gasteiger partial charge in [-0.15, -0.1) is 0 Å². The average molecular weight is 208 g/mol. The Kier molecular flexibility index (Phi) is 2.28. The summed E-state index contributed by atoms with van der Waals surface area (Å²) >= 11 is 0. The molecular formula is C12H16O3. The molecule has 0 aromatic heterocycles. The molecule has 0 aromatic carbocycles. The van der Waals surface area contributed by atoms with Crippen LogP contribution in [0.1, 0.15) is 39.5 Å². The van der Waals surface area contributed by atoms with Gasteiger partial charge in [0.2, 0.25) is 0 Å². The highest BCUT2D eigenvalue weighted by Crippen LogP contribution is 2.43. The largest absolute Gasteiger partial charge is 0.299 e. The number of rotatable bonds is 0. The fourth-order valence-electron chi connectivity index (χ4n) is 2.79. The molecule has 3 nitrogen and oxygen atoms in total. The van der Waals surface area contributed by atoms with Crippen LogP contribution in [0.25, 0.3) is 0 Å². The third-order valence-electron chi connectivity index (χ3n) is 3.80. The molecule has 0 aliphatic heterocycles. The molecule has 2 atom stereocenters. The highest BCUT2D eigenvalue weighted by atomic mass is 16.2. The average Bonchev–Trinajstić information content (AvgIpc) is 2.12. The SMILES string of the molecule is CC1(C)CCC2C(=O)CC(=O)CC2C1=O. The molecule has 15 heavy (non-hydrogen) atoms. The number of hydrogen-bond donors (Lipinski definition) is 0. The zero-order valence-electron chi connectivity index (χ0n) is 9.21. The van der Waals surface area contributed by atoms with Crippen LogP contribution in [0.3, 0.4) is 0 Å². The van der Waals surface area contributed by atoms with Crippen LogP contribution in [-0.2, 0) is 14.4 Å². The second-order valence-electron chi connectivity index (χ2n) is 5.39. The molecule has 3 heteroatoms. The molecule has 0 aromatic rings. The van der Waals surface area contributed by atoms with E-state index in [1.807, 2.05) is 13.8 Å². The zero-order valence-corrected chi connectivity index (χ0v) is 9.21. The lowest BCUT2D eigenvalue weighted by Crippen LogP contribution is -2.47. The third kappa shape index (κ3) is 1.64. The van der Waals surface area contributed by atoms with Crippen LogP contribution >= 0.6 is 0 Å². The van der Waals surface area contributed by atoms with Crippen molar-refractivity contribution in [2.75, 3.05) is 0 Å². The van der Waals surface area contributed by atoms with Crippen molar-refractivity contribution in [2.24, 2.45) is 17.3 Å². The molecule has 0 heterocycles. The van der Waals surface area contributed by atoms with Gasteiger partial charge in [-0.1, -0.05) is 13.8 Å². The van der Waals surface area contributed by atoms with Crippen molar-refractivity contribution in [3.05, 3.63) is 0 Å². The summed E-state index contributed by atoms with van der Waals surface area (Å²) in [6, 6.07) is 0. The van der Waals surface area contributed by atoms with Crippen molar-refractivity contribution in [1.82, 2.24) is 0 Å². The van der Waals surface area contributed by atoms with Crippen LogP contribution in [0, 0.1) is 17.3 Å². The predicted molar refractivity (Wildman–Crippen MR) is 54.3 cm³/mol. The Labute approximate surface area is 89.2 Å². The zero-order chi connectivity index (χ0) is 11.2. The van der Waals surface area contributed by atoms with Gasteiger partial charge in [0.25, 0.3) is 0 Å². The van der Waals surface area contributed by atoms with Gasteiger partial charge in [0, 0.05) is 23.7 Å². The van der Waals surface area contributed by atoms with Gasteiger partial charge in [0.1, 0.15) is 17.3 Å². The summed E-state index contributed by atoms with van der Waals surface area (Å²) in [6.45, 7) is 3.82. The quantitative estimate of drug-likeness (QED) is 0.567. The molecule has 0 bridgehead atoms. The number of Topliss-reactive ketones (excluding diaryl/α,β-unsaturated/α-hetero) is 3. The van der Waals surface area contributed by atoms with Crippen LogP contribution in [0.15, 0.2) is 0 Å². The van der Waals surface area contributed by atoms with Crippen molar-refractivity contribution in [3.8, 4) is 0 Å². The van der Waals surface area contributed by atoms with E-state index in [0.29, 0.717) is 6.42 Å². The Morgan fingerprint density at radius 1 is 1.13 bits per heavy atom. The predicted octanol–water partition coefficient (Wildman–Crippen LogP) is 1.54. The summed E-state index contributed by atoms with van der Waals surface area (Å²) < 4.78 is 0. The smallest absolute Gasteiger partial charge is 0.144 e. The molecule has 2 saturated carbocycles. The number of carbonyl (C=O) groups excluding carboxylic acids is 3. The first-order chi connectivity index (χ1) is 6.92. The molecule has 82 valence electrons. The summed E-state index contributed by atoms with van der Waals surface area (Å²) in [6.07, 6.45) is 1.88. The number of carbonyl (C=O) groups is 3. The van der Waals surface area contributed by atoms with Crippen LogP contribution in [0.2, 0.25) is 0 Å². The van der Waals surface area contributed by atoms with E-state index in [2.05, 4.69) is 0 Å². The summed E-state index contributed by atoms with van der Waals surface area (Å²) in [4.78, 5) is 35.0. The molecule has 2 unspecified atom stereocenters. The van der Waals surface area contributed by atoms with E-state index in [4.69, 9.17) is 0 Å². The highest BCUT2D eigenvalue weighted by Gasteiger charge is 2.48. The maximum absolute atomic E-state index is 12.1. The second kappa shape index (κ2) is 3.26. The highest BCUT2D eigenvalue weighted by molar-refractivity contribution is 6.07. The Hall–Kier alpha value is -0.990. The van der Waals surface area contributed by atoms with Crippen molar-refractivity contribution >= 4 is 17.3 Å². The molecule has 2 fully saturated rings. The standard InChI is InChI=1S/C12H16O3/c1-12(2)4-3-8-9(11(12)15)5-7(13)6-10(8)14/h8-9H,3-6H2,1-2H3. The molecule has 0 radical (unpaired) electrons. The van der Waals surface area contributed by atoms with E-state index in [0.717, 1.165) is 12.8 Å². The first-order valence-electron chi connectivity index (χ1n) is 5.50. The second-order valence-corrected chi connectivity index (χ2v) is 5.39. The molecular weight excluding hydrogens is 192 g/mol. The summed E-state index contributed by atoms with van der Waals surface area (Å²) in [5.74, 6) is -0.446. The van der Waals surface area contributed by atoms with E-state index >= 15 is 0 Å². The first kappa shape index (κ1) is 10.5. The van der Waals surface area contributed by atoms with Crippen LogP contribution in [-0.4, -0.2) is 17.3 Å². The Balaban J connectivity index is 2.28. The van der Waals surface area contributed by atoms with Crippen LogP contribution in [0.4, 0.5) is 0 Å². The molecule has 2 aliphatic carbocycles. The maximum atomic E-state index is 12.1. The lowest BCUT2D eigenvalue weighted by atomic mass is 9.61. The number of hydrogen-bond acceptors (Lipinski definition) is 3. The first-order valence-corrected chi connectivity index (χ1v) is 5.50. The van der Waals surface area contributed by atoms with Gasteiger partial charge in [-0.2, -0.15) is 0 Å². The normalized spacial score (nSPS) is 35.2. The monoisotopic (exact) mass is 208 g/mol. The number of ketones is 3. The van der Waals surface area contributed by atoms with Gasteiger partial charge >= 0.3 is 0 Å². The third-order valence-corrected chi connectivity index (χ3v) is 3.80. The minimum Gasteiger partial charge on any atom is -0.299 e. The van der Waals surface area contributed by atoms with E-state index in [1.54, 1.807) is 0 Å². The Bertz CT molecular complexity index is 341. The number of fused-ring (bicyclic) bond motifs is 1.